The molecule has 322 valence electrons. The lowest BCUT2D eigenvalue weighted by atomic mass is 9.64. The van der Waals surface area contributed by atoms with Crippen LogP contribution in [0, 0.1) is 18.3 Å². The minimum Gasteiger partial charge on any atom is -0.493 e. The topological polar surface area (TPSA) is 132 Å². The maximum Gasteiger partial charge on any atom is 0.261 e. The number of ketones is 1. The first kappa shape index (κ1) is 42.9. The van der Waals surface area contributed by atoms with E-state index < -0.39 is 43.9 Å². The number of carbonyl (C=O) groups excluding carboxylic acids is 1. The number of ether oxygens (including phenoxy) is 6. The van der Waals surface area contributed by atoms with E-state index in [0.29, 0.717) is 60.3 Å². The summed E-state index contributed by atoms with van der Waals surface area (Å²) in [5.74, 6) is 1.32. The van der Waals surface area contributed by atoms with Crippen molar-refractivity contribution in [3.8, 4) is 17.6 Å². The Morgan fingerprint density at radius 2 is 1.67 bits per heavy atom. The number of hydrogen-bond acceptors (Lipinski definition) is 12. The minimum atomic E-state index is -3.20. The molecule has 3 aromatic rings. The number of piperazine rings is 1. The van der Waals surface area contributed by atoms with Gasteiger partial charge in [0.15, 0.2) is 41.2 Å². The van der Waals surface area contributed by atoms with Crippen LogP contribution in [0.4, 0.5) is 0 Å². The minimum absolute atomic E-state index is 0.0308. The van der Waals surface area contributed by atoms with Crippen LogP contribution in [-0.4, -0.2) is 113 Å². The van der Waals surface area contributed by atoms with Gasteiger partial charge < -0.3 is 38.0 Å². The molecule has 3 aromatic carbocycles. The van der Waals surface area contributed by atoms with Gasteiger partial charge in [0.2, 0.25) is 6.79 Å². The summed E-state index contributed by atoms with van der Waals surface area (Å²) in [5.41, 5.74) is 1.42. The Morgan fingerprint density at radius 1 is 1.00 bits per heavy atom. The molecule has 12 nitrogen and oxygen atoms in total. The number of rotatable bonds is 14. The van der Waals surface area contributed by atoms with Crippen LogP contribution in [-0.2, 0) is 34.6 Å². The summed E-state index contributed by atoms with van der Waals surface area (Å²) in [4.78, 5) is 19.4. The van der Waals surface area contributed by atoms with Crippen molar-refractivity contribution >= 4 is 24.5 Å². The van der Waals surface area contributed by atoms with Crippen molar-refractivity contribution in [1.29, 1.82) is 5.26 Å². The molecule has 0 aromatic heterocycles. The van der Waals surface area contributed by atoms with E-state index in [1.165, 1.54) is 0 Å². The summed E-state index contributed by atoms with van der Waals surface area (Å²) in [6, 6.07) is 22.7. The molecule has 1 aliphatic carbocycles. The fourth-order valence-electron chi connectivity index (χ4n) is 10.9. The largest absolute Gasteiger partial charge is 0.493 e. The summed E-state index contributed by atoms with van der Waals surface area (Å²) in [6.45, 7) is 15.5. The molecule has 13 heteroatoms. The van der Waals surface area contributed by atoms with E-state index in [1.54, 1.807) is 21.1 Å². The van der Waals surface area contributed by atoms with Crippen molar-refractivity contribution in [1.82, 2.24) is 9.80 Å². The molecule has 5 aliphatic rings. The zero-order valence-electron chi connectivity index (χ0n) is 36.2. The zero-order chi connectivity index (χ0) is 43.3. The average molecular weight is 848 g/mol. The van der Waals surface area contributed by atoms with E-state index in [9.17, 15) is 15.2 Å². The number of nitrogens with zero attached hydrogens (tertiary/aromatic N) is 3. The highest BCUT2D eigenvalue weighted by Gasteiger charge is 2.65. The van der Waals surface area contributed by atoms with Crippen molar-refractivity contribution in [3.63, 3.8) is 0 Å². The molecular weight excluding hydrogens is 791 g/mol. The maximum absolute atomic E-state index is 14.9. The van der Waals surface area contributed by atoms with Gasteiger partial charge in [0.1, 0.15) is 6.04 Å². The van der Waals surface area contributed by atoms with Crippen LogP contribution in [0.3, 0.4) is 0 Å². The third-order valence-electron chi connectivity index (χ3n) is 13.3. The first-order valence-electron chi connectivity index (χ1n) is 21.0. The van der Waals surface area contributed by atoms with E-state index in [0.717, 1.165) is 27.1 Å². The van der Waals surface area contributed by atoms with Crippen LogP contribution in [0.5, 0.6) is 11.5 Å². The van der Waals surface area contributed by atoms with Gasteiger partial charge in [-0.25, -0.2) is 0 Å². The fourth-order valence-corrected chi connectivity index (χ4v) is 15.5. The van der Waals surface area contributed by atoms with Gasteiger partial charge in [0.05, 0.1) is 45.1 Å². The van der Waals surface area contributed by atoms with E-state index in [4.69, 9.17) is 32.8 Å². The van der Waals surface area contributed by atoms with Crippen molar-refractivity contribution in [3.05, 3.63) is 119 Å². The molecule has 1 N–H and O–H groups in total. The predicted octanol–water partition coefficient (Wildman–Crippen LogP) is 5.23. The first-order valence-corrected chi connectivity index (χ1v) is 23.0. The number of piperidine rings is 1. The lowest BCUT2D eigenvalue weighted by molar-refractivity contribution is -0.151. The second-order valence-corrected chi connectivity index (χ2v) is 21.9. The van der Waals surface area contributed by atoms with E-state index in [-0.39, 0.29) is 37.7 Å². The number of Topliss-reactive ketones (excluding diaryl/α,β-unsaturated/α-hetero) is 1. The second kappa shape index (κ2) is 16.8. The molecule has 2 unspecified atom stereocenters. The third-order valence-corrected chi connectivity index (χ3v) is 18.3. The molecule has 3 fully saturated rings. The van der Waals surface area contributed by atoms with Crippen LogP contribution < -0.4 is 19.8 Å². The number of aryl methyl sites for hydroxylation is 1. The molecular formula is C48H57N3O9Si. The van der Waals surface area contributed by atoms with Crippen molar-refractivity contribution in [2.75, 3.05) is 54.2 Å². The predicted molar refractivity (Wildman–Crippen MR) is 232 cm³/mol. The van der Waals surface area contributed by atoms with Crippen LogP contribution in [0.2, 0.25) is 5.04 Å². The number of benzene rings is 3. The molecule has 2 bridgehead atoms. The van der Waals surface area contributed by atoms with E-state index in [1.807, 2.05) is 49.4 Å². The Morgan fingerprint density at radius 3 is 2.28 bits per heavy atom. The molecule has 6 atom stereocenters. The SMILES string of the molecule is C=CCN1[C@H]2c3c(cc(C)c(OC)c3OCOCCOC)C[C@H]1[C@H](C#N)N1C2CC2(O)C(=O)C(C)=C3OCOC3=C2[C@@H]1CO[Si](c1ccccc1)(c1ccccc1)C(C)(C)C. The van der Waals surface area contributed by atoms with E-state index in [2.05, 4.69) is 73.6 Å². The fraction of sp³-hybridized carbons (Fsp3) is 0.458. The molecule has 4 aliphatic heterocycles. The lowest BCUT2D eigenvalue weighted by Crippen LogP contribution is -2.75. The molecule has 0 saturated carbocycles. The molecule has 4 heterocycles. The number of nitriles is 1. The Labute approximate surface area is 360 Å². The van der Waals surface area contributed by atoms with Gasteiger partial charge in [-0.2, -0.15) is 5.26 Å². The van der Waals surface area contributed by atoms with Crippen molar-refractivity contribution in [2.45, 2.75) is 88.3 Å². The van der Waals surface area contributed by atoms with Gasteiger partial charge >= 0.3 is 0 Å². The van der Waals surface area contributed by atoms with E-state index >= 15 is 0 Å². The smallest absolute Gasteiger partial charge is 0.261 e. The molecule has 0 radical (unpaired) electrons. The van der Waals surface area contributed by atoms with Crippen LogP contribution in [0.1, 0.15) is 56.8 Å². The van der Waals surface area contributed by atoms with Gasteiger partial charge in [0, 0.05) is 48.9 Å². The highest BCUT2D eigenvalue weighted by atomic mass is 28.4. The molecule has 0 spiro atoms. The summed E-state index contributed by atoms with van der Waals surface area (Å²) in [5, 5.41) is 26.6. The summed E-state index contributed by atoms with van der Waals surface area (Å²) >= 11 is 0. The molecule has 0 amide bonds. The standard InChI is InChI=1S/C48H57N3O9Si/c1-9-20-50-35-24-32-23-30(2)42(55-8)44(57-28-56-22-21-54-7)39(32)41(50)36-25-48(53)40(45-43(58-29-59-45)31(3)46(48)52)38(51(36)37(35)26-49)27-60-61(47(4,5)6,33-16-12-10-13-17-33)34-18-14-11-15-19-34/h9-19,23,35-38,41,53H,1,20-22,24-25,27-29H2,2-8H3/t35-,36?,37-,38-,41+,48?/m0/s1. The highest BCUT2D eigenvalue weighted by Crippen LogP contribution is 2.57. The summed E-state index contributed by atoms with van der Waals surface area (Å²) in [6.07, 6.45) is 2.34. The molecule has 3 saturated heterocycles. The highest BCUT2D eigenvalue weighted by molar-refractivity contribution is 6.99. The number of carbonyl (C=O) groups is 1. The Kier molecular flexibility index (Phi) is 11.8. The molecule has 61 heavy (non-hydrogen) atoms. The van der Waals surface area contributed by atoms with Crippen molar-refractivity contribution < 1.29 is 42.7 Å². The summed E-state index contributed by atoms with van der Waals surface area (Å²) in [7, 11) is 0.0406. The second-order valence-electron chi connectivity index (χ2n) is 17.6. The monoisotopic (exact) mass is 847 g/mol. The Bertz CT molecular complexity index is 2230. The number of fused-ring (bicyclic) bond motifs is 8. The quantitative estimate of drug-likeness (QED) is 0.0987. The Hall–Kier alpha value is -4.78. The Balaban J connectivity index is 1.35. The maximum atomic E-state index is 14.9. The summed E-state index contributed by atoms with van der Waals surface area (Å²) < 4.78 is 43.6. The average Bonchev–Trinajstić information content (AvgIpc) is 3.73. The van der Waals surface area contributed by atoms with Crippen molar-refractivity contribution in [2.24, 2.45) is 0 Å². The van der Waals surface area contributed by atoms with Gasteiger partial charge in [-0.3, -0.25) is 14.6 Å². The lowest BCUT2D eigenvalue weighted by Gasteiger charge is -2.63. The van der Waals surface area contributed by atoms with Gasteiger partial charge in [-0.15, -0.1) is 6.58 Å². The first-order chi connectivity index (χ1) is 29.4. The van der Waals surface area contributed by atoms with Crippen LogP contribution in [0.15, 0.2) is 102 Å². The number of aliphatic hydroxyl groups is 1. The van der Waals surface area contributed by atoms with Gasteiger partial charge in [0.25, 0.3) is 8.32 Å². The normalized spacial score (nSPS) is 26.0. The van der Waals surface area contributed by atoms with Crippen LogP contribution >= 0.6 is 0 Å². The number of hydrogen-bond donors (Lipinski definition) is 1. The zero-order valence-corrected chi connectivity index (χ0v) is 37.2. The third kappa shape index (κ3) is 6.84. The number of methoxy groups -OCH3 is 2. The van der Waals surface area contributed by atoms with Crippen LogP contribution in [0.25, 0.3) is 0 Å². The molecule has 8 rings (SSSR count). The van der Waals surface area contributed by atoms with Gasteiger partial charge in [-0.05, 0) is 46.8 Å². The van der Waals surface area contributed by atoms with Gasteiger partial charge in [-0.1, -0.05) is 93.6 Å².